The molecular weight excluding hydrogens is 375 g/mol. The van der Waals surface area contributed by atoms with Gasteiger partial charge in [0.25, 0.3) is 5.91 Å². The number of halogens is 3. The number of carbonyl (C=O) groups excluding carboxylic acids is 1. The third-order valence-corrected chi connectivity index (χ3v) is 5.23. The number of thiazole rings is 1. The molecule has 2 aromatic heterocycles. The number of aryl methyl sites for hydroxylation is 1. The number of amides is 1. The lowest BCUT2D eigenvalue weighted by Gasteiger charge is -2.07. The summed E-state index contributed by atoms with van der Waals surface area (Å²) in [6, 6.07) is 11.3. The van der Waals surface area contributed by atoms with Crippen molar-refractivity contribution in [2.24, 2.45) is 0 Å². The number of para-hydroxylation sites is 1. The maximum absolute atomic E-state index is 12.9. The van der Waals surface area contributed by atoms with E-state index in [0.717, 1.165) is 33.7 Å². The topological polar surface area (TPSA) is 57.8 Å². The Balaban J connectivity index is 1.70. The van der Waals surface area contributed by atoms with Gasteiger partial charge < -0.3 is 10.3 Å². The molecule has 2 heterocycles. The van der Waals surface area contributed by atoms with E-state index in [1.165, 1.54) is 5.56 Å². The van der Waals surface area contributed by atoms with Gasteiger partial charge in [-0.15, -0.1) is 11.3 Å². The monoisotopic (exact) mass is 389 g/mol. The van der Waals surface area contributed by atoms with Crippen LogP contribution in [-0.2, 0) is 12.6 Å². The molecule has 2 aromatic carbocycles. The van der Waals surface area contributed by atoms with E-state index in [1.54, 1.807) is 12.1 Å². The third kappa shape index (κ3) is 3.06. The van der Waals surface area contributed by atoms with Crippen LogP contribution in [0.2, 0.25) is 0 Å². The molecule has 4 rings (SSSR count). The van der Waals surface area contributed by atoms with E-state index >= 15 is 0 Å². The molecule has 0 aliphatic carbocycles. The number of fused-ring (bicyclic) bond motifs is 3. The minimum Gasteiger partial charge on any atom is -0.354 e. The highest BCUT2D eigenvalue weighted by molar-refractivity contribution is 7.12. The second-order valence-corrected chi connectivity index (χ2v) is 6.92. The molecule has 0 saturated heterocycles. The molecule has 2 N–H and O–H groups in total. The van der Waals surface area contributed by atoms with Gasteiger partial charge in [0.1, 0.15) is 4.88 Å². The van der Waals surface area contributed by atoms with E-state index in [0.29, 0.717) is 17.0 Å². The summed E-state index contributed by atoms with van der Waals surface area (Å²) in [5, 5.41) is 4.60. The van der Waals surface area contributed by atoms with Crippen molar-refractivity contribution >= 4 is 44.7 Å². The molecule has 0 aliphatic heterocycles. The van der Waals surface area contributed by atoms with E-state index in [-0.39, 0.29) is 0 Å². The first-order valence-electron chi connectivity index (χ1n) is 8.24. The number of nitrogens with one attached hydrogen (secondary N) is 2. The predicted molar refractivity (Wildman–Crippen MR) is 100 cm³/mol. The van der Waals surface area contributed by atoms with Gasteiger partial charge in [0.15, 0.2) is 5.69 Å². The number of carbonyl (C=O) groups is 1. The van der Waals surface area contributed by atoms with Gasteiger partial charge in [0, 0.05) is 27.5 Å². The number of aromatic amines is 1. The number of nitrogens with zero attached hydrogens (tertiary/aromatic N) is 1. The van der Waals surface area contributed by atoms with Gasteiger partial charge in [-0.3, -0.25) is 4.79 Å². The molecule has 0 unspecified atom stereocenters. The van der Waals surface area contributed by atoms with Gasteiger partial charge in [-0.25, -0.2) is 4.98 Å². The van der Waals surface area contributed by atoms with E-state index < -0.39 is 22.7 Å². The molecule has 4 nitrogen and oxygen atoms in total. The van der Waals surface area contributed by atoms with E-state index in [2.05, 4.69) is 22.2 Å². The summed E-state index contributed by atoms with van der Waals surface area (Å²) in [4.78, 5) is 18.5. The molecule has 0 radical (unpaired) electrons. The Morgan fingerprint density at radius 3 is 2.78 bits per heavy atom. The molecule has 0 atom stereocenters. The zero-order valence-electron chi connectivity index (χ0n) is 14.1. The molecule has 0 spiro atoms. The predicted octanol–water partition coefficient (Wildman–Crippen LogP) is 5.61. The maximum atomic E-state index is 12.9. The zero-order chi connectivity index (χ0) is 19.2. The number of benzene rings is 2. The summed E-state index contributed by atoms with van der Waals surface area (Å²) in [5.41, 5.74) is 3.28. The lowest BCUT2D eigenvalue weighted by atomic mass is 10.1. The Morgan fingerprint density at radius 1 is 1.22 bits per heavy atom. The first-order valence-corrected chi connectivity index (χ1v) is 9.12. The smallest absolute Gasteiger partial charge is 0.354 e. The van der Waals surface area contributed by atoms with Crippen LogP contribution in [0.5, 0.6) is 0 Å². The van der Waals surface area contributed by atoms with Gasteiger partial charge in [0.05, 0.1) is 5.51 Å². The summed E-state index contributed by atoms with van der Waals surface area (Å²) >= 11 is 0.665. The molecule has 4 aromatic rings. The van der Waals surface area contributed by atoms with Crippen LogP contribution in [0.25, 0.3) is 21.8 Å². The van der Waals surface area contributed by atoms with Gasteiger partial charge >= 0.3 is 6.18 Å². The first kappa shape index (κ1) is 17.5. The lowest BCUT2D eigenvalue weighted by molar-refractivity contribution is -0.141. The van der Waals surface area contributed by atoms with Crippen molar-refractivity contribution in [2.75, 3.05) is 5.32 Å². The Kier molecular flexibility index (Phi) is 4.15. The minimum atomic E-state index is -4.66. The van der Waals surface area contributed by atoms with Gasteiger partial charge in [-0.1, -0.05) is 31.2 Å². The largest absolute Gasteiger partial charge is 0.434 e. The Bertz CT molecular complexity index is 1160. The van der Waals surface area contributed by atoms with E-state index in [4.69, 9.17) is 0 Å². The normalized spacial score (nSPS) is 12.0. The number of anilines is 1. The molecule has 0 bridgehead atoms. The Hall–Kier alpha value is -2.87. The van der Waals surface area contributed by atoms with Gasteiger partial charge in [-0.05, 0) is 24.1 Å². The van der Waals surface area contributed by atoms with Crippen LogP contribution in [-0.4, -0.2) is 15.9 Å². The molecule has 0 fully saturated rings. The van der Waals surface area contributed by atoms with Crippen molar-refractivity contribution in [2.45, 2.75) is 19.5 Å². The summed E-state index contributed by atoms with van der Waals surface area (Å²) < 4.78 is 38.8. The van der Waals surface area contributed by atoms with Crippen LogP contribution in [0.4, 0.5) is 18.9 Å². The van der Waals surface area contributed by atoms with Crippen LogP contribution in [0, 0.1) is 0 Å². The second kappa shape index (κ2) is 6.38. The second-order valence-electron chi connectivity index (χ2n) is 6.06. The van der Waals surface area contributed by atoms with Crippen LogP contribution < -0.4 is 5.32 Å². The summed E-state index contributed by atoms with van der Waals surface area (Å²) in [7, 11) is 0. The van der Waals surface area contributed by atoms with Crippen LogP contribution in [0.1, 0.15) is 27.9 Å². The average Bonchev–Trinajstić information content (AvgIpc) is 3.25. The fourth-order valence-corrected chi connectivity index (χ4v) is 3.86. The molecule has 0 aliphatic rings. The average molecular weight is 389 g/mol. The number of aromatic nitrogens is 2. The number of hydrogen-bond donors (Lipinski definition) is 2. The summed E-state index contributed by atoms with van der Waals surface area (Å²) in [5.74, 6) is -0.825. The Morgan fingerprint density at radius 2 is 2.04 bits per heavy atom. The lowest BCUT2D eigenvalue weighted by Crippen LogP contribution is -2.17. The fourth-order valence-electron chi connectivity index (χ4n) is 3.16. The van der Waals surface area contributed by atoms with Crippen molar-refractivity contribution in [3.63, 3.8) is 0 Å². The Labute approximate surface area is 156 Å². The molecular formula is C19H14F3N3OS. The quantitative estimate of drug-likeness (QED) is 0.478. The molecule has 138 valence electrons. The van der Waals surface area contributed by atoms with Crippen LogP contribution in [0.3, 0.4) is 0 Å². The van der Waals surface area contributed by atoms with Crippen LogP contribution in [0.15, 0.2) is 41.9 Å². The highest BCUT2D eigenvalue weighted by Gasteiger charge is 2.38. The van der Waals surface area contributed by atoms with Crippen molar-refractivity contribution in [1.29, 1.82) is 0 Å². The molecule has 8 heteroatoms. The van der Waals surface area contributed by atoms with Crippen molar-refractivity contribution < 1.29 is 18.0 Å². The van der Waals surface area contributed by atoms with Gasteiger partial charge in [0.2, 0.25) is 0 Å². The van der Waals surface area contributed by atoms with Crippen molar-refractivity contribution in [1.82, 2.24) is 9.97 Å². The molecule has 27 heavy (non-hydrogen) atoms. The van der Waals surface area contributed by atoms with Gasteiger partial charge in [-0.2, -0.15) is 13.2 Å². The fraction of sp³-hybridized carbons (Fsp3) is 0.158. The standard InChI is InChI=1S/C19H14F3N3OS/c1-2-10-4-3-5-13-12-7-6-11(8-14(12)25-15(10)13)24-18(26)16-17(19(20,21)22)23-9-27-16/h3-9,25H,2H2,1H3,(H,24,26). The highest BCUT2D eigenvalue weighted by Crippen LogP contribution is 2.34. The summed E-state index contributed by atoms with van der Waals surface area (Å²) in [6.07, 6.45) is -3.79. The number of hydrogen-bond acceptors (Lipinski definition) is 3. The first-order chi connectivity index (χ1) is 12.9. The maximum Gasteiger partial charge on any atom is 0.434 e. The minimum absolute atomic E-state index is 0.415. The third-order valence-electron chi connectivity index (χ3n) is 4.40. The summed E-state index contributed by atoms with van der Waals surface area (Å²) in [6.45, 7) is 2.07. The van der Waals surface area contributed by atoms with E-state index in [1.807, 2.05) is 24.3 Å². The number of rotatable bonds is 3. The number of H-pyrrole nitrogens is 1. The molecule has 1 amide bonds. The SMILES string of the molecule is CCc1cccc2c1[nH]c1cc(NC(=O)c3scnc3C(F)(F)F)ccc12. The highest BCUT2D eigenvalue weighted by atomic mass is 32.1. The molecule has 0 saturated carbocycles. The van der Waals surface area contributed by atoms with Crippen molar-refractivity contribution in [3.05, 3.63) is 58.0 Å². The number of alkyl halides is 3. The van der Waals surface area contributed by atoms with Crippen LogP contribution >= 0.6 is 11.3 Å². The zero-order valence-corrected chi connectivity index (χ0v) is 15.0. The van der Waals surface area contributed by atoms with Crippen molar-refractivity contribution in [3.8, 4) is 0 Å². The van der Waals surface area contributed by atoms with E-state index in [9.17, 15) is 18.0 Å².